The monoisotopic (exact) mass is 771 g/mol. The molecule has 5 rings (SSSR count). The van der Waals surface area contributed by atoms with Gasteiger partial charge in [-0.25, -0.2) is 27.7 Å². The predicted molar refractivity (Wildman–Crippen MR) is 198 cm³/mol. The van der Waals surface area contributed by atoms with Gasteiger partial charge in [0.2, 0.25) is 5.91 Å². The van der Waals surface area contributed by atoms with Crippen molar-refractivity contribution in [3.8, 4) is 11.3 Å². The lowest BCUT2D eigenvalue weighted by atomic mass is 9.88. The van der Waals surface area contributed by atoms with Crippen LogP contribution < -0.4 is 5.32 Å². The number of rotatable bonds is 11. The Balaban J connectivity index is 1.64. The van der Waals surface area contributed by atoms with Gasteiger partial charge in [0.25, 0.3) is 0 Å². The van der Waals surface area contributed by atoms with Crippen LogP contribution in [-0.2, 0) is 25.5 Å². The summed E-state index contributed by atoms with van der Waals surface area (Å²) < 4.78 is 64.3. The van der Waals surface area contributed by atoms with E-state index in [1.807, 2.05) is 30.3 Å². The summed E-state index contributed by atoms with van der Waals surface area (Å²) in [7, 11) is 0. The quantitative estimate of drug-likeness (QED) is 0.233. The lowest BCUT2D eigenvalue weighted by molar-refractivity contribution is -0.140. The molecule has 1 aromatic heterocycles. The van der Waals surface area contributed by atoms with Crippen molar-refractivity contribution < 1.29 is 46.9 Å². The van der Waals surface area contributed by atoms with Crippen molar-refractivity contribution in [2.75, 3.05) is 39.5 Å². The smallest absolute Gasteiger partial charge is 0.410 e. The van der Waals surface area contributed by atoms with Crippen molar-refractivity contribution in [1.29, 1.82) is 0 Å². The molecular weight excluding hydrogens is 719 g/mol. The second kappa shape index (κ2) is 17.4. The summed E-state index contributed by atoms with van der Waals surface area (Å²) >= 11 is 0. The van der Waals surface area contributed by atoms with Gasteiger partial charge >= 0.3 is 12.2 Å². The van der Waals surface area contributed by atoms with E-state index in [1.165, 1.54) is 9.80 Å². The van der Waals surface area contributed by atoms with Crippen LogP contribution in [0.15, 0.2) is 54.7 Å². The van der Waals surface area contributed by atoms with Gasteiger partial charge in [-0.2, -0.15) is 0 Å². The summed E-state index contributed by atoms with van der Waals surface area (Å²) in [6.45, 7) is 9.56. The number of likely N-dealkylation sites (tertiary alicyclic amines) is 1. The molecule has 2 saturated heterocycles. The van der Waals surface area contributed by atoms with Gasteiger partial charge in [-0.05, 0) is 84.1 Å². The molecule has 2 N–H and O–H groups in total. The van der Waals surface area contributed by atoms with Crippen molar-refractivity contribution in [2.45, 2.75) is 90.4 Å². The maximum absolute atomic E-state index is 16.1. The Morgan fingerprint density at radius 3 is 2.31 bits per heavy atom. The zero-order valence-electron chi connectivity index (χ0n) is 32.3. The van der Waals surface area contributed by atoms with Crippen molar-refractivity contribution in [3.63, 3.8) is 0 Å². The summed E-state index contributed by atoms with van der Waals surface area (Å²) in [5.74, 6) is -3.07. The minimum absolute atomic E-state index is 0.0815. The van der Waals surface area contributed by atoms with Gasteiger partial charge in [0.1, 0.15) is 40.9 Å². The summed E-state index contributed by atoms with van der Waals surface area (Å²) in [6.07, 6.45) is -0.713. The number of aliphatic hydroxyl groups is 1. The molecule has 0 bridgehead atoms. The van der Waals surface area contributed by atoms with Crippen LogP contribution in [0.2, 0.25) is 0 Å². The zero-order chi connectivity index (χ0) is 40.1. The van der Waals surface area contributed by atoms with Crippen LogP contribution in [0.25, 0.3) is 11.3 Å². The van der Waals surface area contributed by atoms with Gasteiger partial charge in [-0.15, -0.1) is 0 Å². The van der Waals surface area contributed by atoms with Crippen molar-refractivity contribution in [3.05, 3.63) is 77.8 Å². The fourth-order valence-corrected chi connectivity index (χ4v) is 6.94. The third-order valence-electron chi connectivity index (χ3n) is 9.42. The van der Waals surface area contributed by atoms with Gasteiger partial charge in [0, 0.05) is 50.5 Å². The minimum atomic E-state index is -1.56. The summed E-state index contributed by atoms with van der Waals surface area (Å²) in [5, 5.41) is 13.0. The fourth-order valence-electron chi connectivity index (χ4n) is 6.94. The molecule has 3 unspecified atom stereocenters. The first-order chi connectivity index (χ1) is 25.9. The molecule has 3 heterocycles. The summed E-state index contributed by atoms with van der Waals surface area (Å²) in [6, 6.07) is 9.97. The molecule has 2 aliphatic heterocycles. The number of hydrogen-bond donors (Lipinski definition) is 2. The molecule has 55 heavy (non-hydrogen) atoms. The molecule has 300 valence electrons. The summed E-state index contributed by atoms with van der Waals surface area (Å²) in [5.41, 5.74) is -0.877. The Bertz CT molecular complexity index is 1790. The second-order valence-electron chi connectivity index (χ2n) is 16.2. The van der Waals surface area contributed by atoms with E-state index in [0.717, 1.165) is 23.8 Å². The molecule has 2 aromatic carbocycles. The number of aliphatic hydroxyl groups excluding tert-OH is 1. The molecular formula is C40H52F3N5O7. The fraction of sp³-hybridized carbons (Fsp3) is 0.550. The molecule has 0 spiro atoms. The molecule has 0 aliphatic carbocycles. The molecule has 12 nitrogen and oxygen atoms in total. The molecule has 2 aliphatic rings. The molecule has 15 heteroatoms. The van der Waals surface area contributed by atoms with Crippen LogP contribution in [0.3, 0.4) is 0 Å². The number of ether oxygens (including phenoxy) is 3. The highest BCUT2D eigenvalue weighted by atomic mass is 19.1. The van der Waals surface area contributed by atoms with Crippen molar-refractivity contribution >= 4 is 18.1 Å². The van der Waals surface area contributed by atoms with Crippen molar-refractivity contribution in [1.82, 2.24) is 24.7 Å². The van der Waals surface area contributed by atoms with Crippen LogP contribution in [0, 0.1) is 23.5 Å². The number of aromatic nitrogens is 2. The lowest BCUT2D eigenvalue weighted by Gasteiger charge is -2.41. The number of nitrogens with one attached hydrogen (secondary N) is 1. The number of alkyl carbamates (subject to hydrolysis) is 1. The van der Waals surface area contributed by atoms with Crippen LogP contribution in [-0.4, -0.2) is 105 Å². The van der Waals surface area contributed by atoms with Crippen LogP contribution in [0.5, 0.6) is 0 Å². The average molecular weight is 772 g/mol. The van der Waals surface area contributed by atoms with E-state index in [2.05, 4.69) is 5.32 Å². The van der Waals surface area contributed by atoms with Gasteiger partial charge in [0.05, 0.1) is 24.9 Å². The zero-order valence-corrected chi connectivity index (χ0v) is 32.3. The maximum atomic E-state index is 16.1. The third kappa shape index (κ3) is 11.0. The molecule has 0 saturated carbocycles. The number of amides is 3. The Kier molecular flexibility index (Phi) is 13.2. The summed E-state index contributed by atoms with van der Waals surface area (Å²) in [4.78, 5) is 48.4. The SMILES string of the molecule is CC(C)(C)OC(=O)N[C@@H](CO)C(=O)N(CC1CN(C(=O)OC(C)(C)C)CC1F)C(c1nc(-c2cc(F)ccc2F)cn1Cc1ccccc1)C1CCOCC1. The first kappa shape index (κ1) is 41.5. The number of carbonyl (C=O) groups excluding carboxylic acids is 3. The number of carbonyl (C=O) groups is 3. The Hall–Kier alpha value is -4.63. The molecule has 0 radical (unpaired) electrons. The molecule has 3 aromatic rings. The Labute approximate surface area is 319 Å². The van der Waals surface area contributed by atoms with E-state index in [4.69, 9.17) is 19.2 Å². The van der Waals surface area contributed by atoms with Crippen LogP contribution >= 0.6 is 0 Å². The first-order valence-electron chi connectivity index (χ1n) is 18.6. The maximum Gasteiger partial charge on any atom is 0.410 e. The first-order valence-corrected chi connectivity index (χ1v) is 18.6. The van der Waals surface area contributed by atoms with Gasteiger partial charge in [0.15, 0.2) is 0 Å². The Morgan fingerprint density at radius 2 is 1.67 bits per heavy atom. The number of imidazole rings is 1. The standard InChI is InChI=1S/C40H52F3N5O7/c1-39(2,3)54-37(51)45-33(24-49)36(50)48(21-27-20-47(22-31(27)43)38(52)55-40(4,5)6)34(26-14-16-53-17-15-26)35-44-32(29-18-28(41)12-13-30(29)42)23-46(35)19-25-10-8-7-9-11-25/h7-13,18,23,26-27,31,33-34,49H,14-17,19-22,24H2,1-6H3,(H,45,51)/t27?,31?,33-,34?/m0/s1. The van der Waals surface area contributed by atoms with E-state index in [-0.39, 0.29) is 43.4 Å². The van der Waals surface area contributed by atoms with Crippen LogP contribution in [0.4, 0.5) is 22.8 Å². The number of hydrogen-bond acceptors (Lipinski definition) is 8. The number of nitrogens with zero attached hydrogens (tertiary/aromatic N) is 4. The normalized spacial score (nSPS) is 19.1. The molecule has 4 atom stereocenters. The number of alkyl halides is 1. The topological polar surface area (TPSA) is 135 Å². The largest absolute Gasteiger partial charge is 0.444 e. The highest BCUT2D eigenvalue weighted by Crippen LogP contribution is 2.39. The predicted octanol–water partition coefficient (Wildman–Crippen LogP) is 6.26. The highest BCUT2D eigenvalue weighted by Gasteiger charge is 2.45. The van der Waals surface area contributed by atoms with Crippen molar-refractivity contribution in [2.24, 2.45) is 11.8 Å². The third-order valence-corrected chi connectivity index (χ3v) is 9.42. The van der Waals surface area contributed by atoms with E-state index in [9.17, 15) is 23.9 Å². The highest BCUT2D eigenvalue weighted by molar-refractivity contribution is 5.86. The molecule has 3 amide bonds. The lowest BCUT2D eigenvalue weighted by Crippen LogP contribution is -2.55. The number of halogens is 3. The van der Waals surface area contributed by atoms with Gasteiger partial charge < -0.3 is 39.0 Å². The van der Waals surface area contributed by atoms with Crippen LogP contribution in [0.1, 0.15) is 71.8 Å². The van der Waals surface area contributed by atoms with E-state index >= 15 is 8.78 Å². The van der Waals surface area contributed by atoms with Gasteiger partial charge in [-0.3, -0.25) is 4.79 Å². The Morgan fingerprint density at radius 1 is 1.00 bits per heavy atom. The molecule has 2 fully saturated rings. The number of benzene rings is 2. The van der Waals surface area contributed by atoms with E-state index in [0.29, 0.717) is 31.9 Å². The van der Waals surface area contributed by atoms with Gasteiger partial charge in [-0.1, -0.05) is 30.3 Å². The van der Waals surface area contributed by atoms with E-state index < -0.39 is 71.7 Å². The van der Waals surface area contributed by atoms with E-state index in [1.54, 1.807) is 52.3 Å². The minimum Gasteiger partial charge on any atom is -0.444 e. The second-order valence-corrected chi connectivity index (χ2v) is 16.2. The average Bonchev–Trinajstić information content (AvgIpc) is 3.69.